The molecule has 0 spiro atoms. The van der Waals surface area contributed by atoms with Gasteiger partial charge in [0.05, 0.1) is 6.54 Å². The molecule has 0 amide bonds. The van der Waals surface area contributed by atoms with Crippen molar-refractivity contribution in [2.45, 2.75) is 126 Å². The fraction of sp³-hybridized carbons (Fsp3) is 0.844. The molecule has 2 saturated carbocycles. The Labute approximate surface area is 215 Å². The fourth-order valence-electron chi connectivity index (χ4n) is 9.87. The van der Waals surface area contributed by atoms with Gasteiger partial charge < -0.3 is 10.5 Å². The van der Waals surface area contributed by atoms with Gasteiger partial charge >= 0.3 is 5.97 Å². The molecule has 4 rings (SSSR count). The van der Waals surface area contributed by atoms with Crippen molar-refractivity contribution < 1.29 is 9.53 Å². The number of hydrogen-bond donors (Lipinski definition) is 1. The second kappa shape index (κ2) is 9.34. The van der Waals surface area contributed by atoms with E-state index in [1.165, 1.54) is 56.9 Å². The lowest BCUT2D eigenvalue weighted by atomic mass is 9.43. The van der Waals surface area contributed by atoms with Crippen molar-refractivity contribution in [3.05, 3.63) is 22.8 Å². The Morgan fingerprint density at radius 1 is 1.03 bits per heavy atom. The van der Waals surface area contributed by atoms with E-state index in [1.54, 1.807) is 0 Å². The monoisotopic (exact) mass is 483 g/mol. The summed E-state index contributed by atoms with van der Waals surface area (Å²) in [6.07, 6.45) is 14.9. The Hall–Kier alpha value is -1.09. The van der Waals surface area contributed by atoms with Crippen LogP contribution < -0.4 is 5.73 Å². The molecular formula is C32H53NO2. The molecule has 0 aromatic heterocycles. The molecule has 0 radical (unpaired) electrons. The lowest BCUT2D eigenvalue weighted by Gasteiger charge is -2.62. The predicted octanol–water partition coefficient (Wildman–Crippen LogP) is 7.99. The molecule has 198 valence electrons. The molecule has 0 aliphatic heterocycles. The summed E-state index contributed by atoms with van der Waals surface area (Å²) in [5, 5.41) is 0. The Morgan fingerprint density at radius 3 is 2.40 bits per heavy atom. The molecule has 1 unspecified atom stereocenters. The van der Waals surface area contributed by atoms with Gasteiger partial charge in [0.15, 0.2) is 0 Å². The zero-order valence-corrected chi connectivity index (χ0v) is 24.1. The van der Waals surface area contributed by atoms with Gasteiger partial charge in [0.25, 0.3) is 0 Å². The van der Waals surface area contributed by atoms with Crippen molar-refractivity contribution >= 4 is 5.97 Å². The van der Waals surface area contributed by atoms with Gasteiger partial charge in [0.1, 0.15) is 6.10 Å². The van der Waals surface area contributed by atoms with Crippen LogP contribution in [0.25, 0.3) is 0 Å². The maximum atomic E-state index is 12.1. The van der Waals surface area contributed by atoms with Crippen LogP contribution in [0.1, 0.15) is 120 Å². The predicted molar refractivity (Wildman–Crippen MR) is 146 cm³/mol. The SMILES string of the molecule is CC(C)=CCC[C@@H](C)[C@H]1CC[C@@]2(C)C3=C(CC[C@]12C)[C@@]1(C)CC[C@H](OC(=O)CN)C(C)(C)C1CC3. The van der Waals surface area contributed by atoms with Crippen LogP contribution in [0.5, 0.6) is 0 Å². The van der Waals surface area contributed by atoms with Crippen LogP contribution in [-0.4, -0.2) is 18.6 Å². The van der Waals surface area contributed by atoms with E-state index < -0.39 is 0 Å². The third-order valence-corrected chi connectivity index (χ3v) is 12.1. The number of nitrogens with two attached hydrogens (primary N) is 1. The molecule has 0 bridgehead atoms. The van der Waals surface area contributed by atoms with Crippen LogP contribution in [0, 0.1) is 39.4 Å². The molecule has 2 fully saturated rings. The maximum Gasteiger partial charge on any atom is 0.319 e. The van der Waals surface area contributed by atoms with E-state index in [0.717, 1.165) is 24.7 Å². The third kappa shape index (κ3) is 4.16. The lowest BCUT2D eigenvalue weighted by molar-refractivity contribution is -0.168. The summed E-state index contributed by atoms with van der Waals surface area (Å²) in [5.41, 5.74) is 11.7. The molecule has 4 aliphatic rings. The van der Waals surface area contributed by atoms with Crippen molar-refractivity contribution in [1.82, 2.24) is 0 Å². The summed E-state index contributed by atoms with van der Waals surface area (Å²) >= 11 is 0. The highest BCUT2D eigenvalue weighted by Gasteiger charge is 2.63. The highest BCUT2D eigenvalue weighted by Crippen LogP contribution is 2.72. The molecule has 3 heteroatoms. The van der Waals surface area contributed by atoms with Gasteiger partial charge in [-0.25, -0.2) is 0 Å². The molecule has 0 aromatic carbocycles. The van der Waals surface area contributed by atoms with Crippen molar-refractivity contribution in [1.29, 1.82) is 0 Å². The largest absolute Gasteiger partial charge is 0.461 e. The van der Waals surface area contributed by atoms with Gasteiger partial charge in [-0.15, -0.1) is 0 Å². The van der Waals surface area contributed by atoms with Crippen LogP contribution in [0.3, 0.4) is 0 Å². The number of esters is 1. The normalized spacial score (nSPS) is 40.9. The van der Waals surface area contributed by atoms with Crippen LogP contribution >= 0.6 is 0 Å². The molecule has 2 N–H and O–H groups in total. The van der Waals surface area contributed by atoms with E-state index in [4.69, 9.17) is 10.5 Å². The Kier molecular flexibility index (Phi) is 7.19. The van der Waals surface area contributed by atoms with Crippen LogP contribution in [0.4, 0.5) is 0 Å². The first-order chi connectivity index (χ1) is 16.3. The smallest absolute Gasteiger partial charge is 0.319 e. The molecule has 0 saturated heterocycles. The zero-order chi connectivity index (χ0) is 25.8. The van der Waals surface area contributed by atoms with Crippen LogP contribution in [0.2, 0.25) is 0 Å². The number of carbonyl (C=O) groups is 1. The van der Waals surface area contributed by atoms with E-state index in [9.17, 15) is 4.79 Å². The average molecular weight is 484 g/mol. The minimum Gasteiger partial charge on any atom is -0.461 e. The second-order valence-electron chi connectivity index (χ2n) is 14.2. The highest BCUT2D eigenvalue weighted by molar-refractivity contribution is 5.71. The van der Waals surface area contributed by atoms with Gasteiger partial charge in [-0.05, 0) is 112 Å². The molecule has 4 aliphatic carbocycles. The molecule has 0 heterocycles. The number of carbonyl (C=O) groups excluding carboxylic acids is 1. The summed E-state index contributed by atoms with van der Waals surface area (Å²) < 4.78 is 5.89. The van der Waals surface area contributed by atoms with Gasteiger partial charge in [-0.2, -0.15) is 0 Å². The van der Waals surface area contributed by atoms with Crippen molar-refractivity contribution in [2.24, 2.45) is 45.1 Å². The number of fused-ring (bicyclic) bond motifs is 4. The van der Waals surface area contributed by atoms with Crippen molar-refractivity contribution in [2.75, 3.05) is 6.54 Å². The van der Waals surface area contributed by atoms with Gasteiger partial charge in [-0.1, -0.05) is 64.3 Å². The van der Waals surface area contributed by atoms with E-state index in [1.807, 2.05) is 11.1 Å². The molecule has 7 atom stereocenters. The van der Waals surface area contributed by atoms with E-state index >= 15 is 0 Å². The highest BCUT2D eigenvalue weighted by atomic mass is 16.5. The summed E-state index contributed by atoms with van der Waals surface area (Å²) in [7, 11) is 0. The van der Waals surface area contributed by atoms with Gasteiger partial charge in [-0.3, -0.25) is 4.79 Å². The summed E-state index contributed by atoms with van der Waals surface area (Å²) in [6.45, 7) is 19.5. The average Bonchev–Trinajstić information content (AvgIpc) is 3.06. The lowest BCUT2D eigenvalue weighted by Crippen LogP contribution is -2.56. The molecule has 0 aromatic rings. The number of hydrogen-bond acceptors (Lipinski definition) is 3. The first-order valence-corrected chi connectivity index (χ1v) is 14.6. The minimum absolute atomic E-state index is 0.0132. The first-order valence-electron chi connectivity index (χ1n) is 14.6. The van der Waals surface area contributed by atoms with E-state index in [0.29, 0.717) is 16.7 Å². The van der Waals surface area contributed by atoms with Gasteiger partial charge in [0.2, 0.25) is 0 Å². The fourth-order valence-corrected chi connectivity index (χ4v) is 9.87. The molecular weight excluding hydrogens is 430 g/mol. The minimum atomic E-state index is -0.251. The summed E-state index contributed by atoms with van der Waals surface area (Å²) in [6, 6.07) is 0. The van der Waals surface area contributed by atoms with Gasteiger partial charge in [0, 0.05) is 5.41 Å². The van der Waals surface area contributed by atoms with Crippen LogP contribution in [-0.2, 0) is 9.53 Å². The molecule has 35 heavy (non-hydrogen) atoms. The Balaban J connectivity index is 1.61. The standard InChI is InChI=1S/C32H53NO2/c1-21(2)10-9-11-22(3)23-14-18-32(8)25-12-13-26-29(4,5)27(35-28(34)20-33)16-17-30(26,6)24(25)15-19-31(23,32)7/h10,22-23,26-27H,9,11-20,33H2,1-8H3/t22-,23-,26?,27+,30-,31-,32+/m1/s1. The topological polar surface area (TPSA) is 52.3 Å². The summed E-state index contributed by atoms with van der Waals surface area (Å²) in [5.74, 6) is 1.93. The van der Waals surface area contributed by atoms with E-state index in [2.05, 4.69) is 61.5 Å². The maximum absolute atomic E-state index is 12.1. The number of ether oxygens (including phenoxy) is 1. The summed E-state index contributed by atoms with van der Waals surface area (Å²) in [4.78, 5) is 12.1. The Bertz CT molecular complexity index is 895. The van der Waals surface area contributed by atoms with Crippen molar-refractivity contribution in [3.8, 4) is 0 Å². The first kappa shape index (κ1) is 27.0. The quantitative estimate of drug-likeness (QED) is 0.308. The van der Waals surface area contributed by atoms with E-state index in [-0.39, 0.29) is 29.4 Å². The number of allylic oxidation sites excluding steroid dienone is 4. The van der Waals surface area contributed by atoms with Crippen LogP contribution in [0.15, 0.2) is 22.8 Å². The molecule has 3 nitrogen and oxygen atoms in total. The zero-order valence-electron chi connectivity index (χ0n) is 24.1. The Morgan fingerprint density at radius 2 is 1.74 bits per heavy atom. The second-order valence-corrected chi connectivity index (χ2v) is 14.2. The number of rotatable bonds is 6. The third-order valence-electron chi connectivity index (χ3n) is 12.1. The van der Waals surface area contributed by atoms with Crippen molar-refractivity contribution in [3.63, 3.8) is 0 Å².